The van der Waals surface area contributed by atoms with Crippen molar-refractivity contribution in [3.63, 3.8) is 0 Å². The molecule has 0 bridgehead atoms. The highest BCUT2D eigenvalue weighted by atomic mass is 31.2. The predicted molar refractivity (Wildman–Crippen MR) is 105 cm³/mol. The van der Waals surface area contributed by atoms with Crippen LogP contribution in [0.25, 0.3) is 0 Å². The van der Waals surface area contributed by atoms with E-state index in [0.717, 1.165) is 0 Å². The lowest BCUT2D eigenvalue weighted by Gasteiger charge is -2.27. The molecular formula is C20H30FO5P. The molecule has 5 nitrogen and oxygen atoms in total. The van der Waals surface area contributed by atoms with Crippen molar-refractivity contribution in [1.82, 2.24) is 0 Å². The van der Waals surface area contributed by atoms with Gasteiger partial charge in [-0.05, 0) is 39.8 Å². The molecule has 152 valence electrons. The van der Waals surface area contributed by atoms with E-state index in [1.54, 1.807) is 65.0 Å². The summed E-state index contributed by atoms with van der Waals surface area (Å²) < 4.78 is 39.2. The van der Waals surface area contributed by atoms with E-state index >= 15 is 0 Å². The van der Waals surface area contributed by atoms with E-state index in [4.69, 9.17) is 14.4 Å². The Kier molecular flexibility index (Phi) is 8.70. The van der Waals surface area contributed by atoms with E-state index in [-0.39, 0.29) is 24.9 Å². The number of carbonyl (C=O) groups excluding carboxylic acids is 1. The third-order valence-electron chi connectivity index (χ3n) is 3.68. The van der Waals surface area contributed by atoms with E-state index < -0.39 is 30.8 Å². The maximum Gasteiger partial charge on any atom is 0.309 e. The van der Waals surface area contributed by atoms with Crippen LogP contribution in [-0.4, -0.2) is 35.4 Å². The molecule has 1 N–H and O–H groups in total. The van der Waals surface area contributed by atoms with Crippen LogP contribution < -0.4 is 4.52 Å². The lowest BCUT2D eigenvalue weighted by atomic mass is 10.1. The summed E-state index contributed by atoms with van der Waals surface area (Å²) in [6, 6.07) is 8.33. The summed E-state index contributed by atoms with van der Waals surface area (Å²) in [4.78, 5) is 12.3. The first kappa shape index (κ1) is 23.4. The Hall–Kier alpha value is -1.65. The number of benzene rings is 1. The Morgan fingerprint density at radius 1 is 1.30 bits per heavy atom. The molecule has 0 aliphatic rings. The van der Waals surface area contributed by atoms with Crippen molar-refractivity contribution >= 4 is 13.3 Å². The number of alkyl halides is 1. The highest BCUT2D eigenvalue weighted by Crippen LogP contribution is 2.55. The van der Waals surface area contributed by atoms with Crippen LogP contribution in [0.1, 0.15) is 41.0 Å². The van der Waals surface area contributed by atoms with E-state index in [2.05, 4.69) is 0 Å². The van der Waals surface area contributed by atoms with E-state index in [1.165, 1.54) is 6.08 Å². The quantitative estimate of drug-likeness (QED) is 0.361. The molecule has 1 aromatic rings. The molecule has 3 unspecified atom stereocenters. The number of esters is 1. The zero-order valence-corrected chi connectivity index (χ0v) is 17.5. The van der Waals surface area contributed by atoms with Gasteiger partial charge in [-0.1, -0.05) is 36.8 Å². The average molecular weight is 400 g/mol. The van der Waals surface area contributed by atoms with E-state index in [1.807, 2.05) is 0 Å². The van der Waals surface area contributed by atoms with Gasteiger partial charge in [0.15, 0.2) is 5.91 Å². The normalized spacial score (nSPS) is 16.9. The minimum absolute atomic E-state index is 0.169. The first-order valence-corrected chi connectivity index (χ1v) is 10.8. The number of carbonyl (C=O) groups is 1. The average Bonchev–Trinajstić information content (AvgIpc) is 2.58. The summed E-state index contributed by atoms with van der Waals surface area (Å²) in [7, 11) is -3.87. The summed E-state index contributed by atoms with van der Waals surface area (Å²) >= 11 is 0. The van der Waals surface area contributed by atoms with Gasteiger partial charge in [-0.25, -0.2) is 4.39 Å². The van der Waals surface area contributed by atoms with Crippen LogP contribution in [-0.2, 0) is 14.1 Å². The number of hydrogen-bond acceptors (Lipinski definition) is 5. The molecule has 0 aliphatic heterocycles. The van der Waals surface area contributed by atoms with Crippen LogP contribution in [0.2, 0.25) is 0 Å². The van der Waals surface area contributed by atoms with Crippen molar-refractivity contribution in [1.29, 1.82) is 0 Å². The van der Waals surface area contributed by atoms with Gasteiger partial charge in [-0.2, -0.15) is 0 Å². The number of allylic oxidation sites excluding steroid dienone is 1. The second kappa shape index (κ2) is 10.0. The van der Waals surface area contributed by atoms with Gasteiger partial charge in [0.05, 0.1) is 18.7 Å². The van der Waals surface area contributed by atoms with E-state index in [0.29, 0.717) is 5.57 Å². The number of aliphatic hydroxyl groups excluding tert-OH is 1. The molecule has 7 heteroatoms. The molecule has 0 aromatic heterocycles. The minimum Gasteiger partial charge on any atom is -0.460 e. The summed E-state index contributed by atoms with van der Waals surface area (Å²) in [5, 5.41) is 9.06. The fraction of sp³-hybridized carbons (Fsp3) is 0.550. The third-order valence-corrected chi connectivity index (χ3v) is 6.32. The first-order valence-electron chi connectivity index (χ1n) is 8.93. The Morgan fingerprint density at radius 3 is 2.41 bits per heavy atom. The Balaban J connectivity index is 3.02. The number of rotatable bonds is 9. The van der Waals surface area contributed by atoms with Crippen molar-refractivity contribution < 1.29 is 28.1 Å². The van der Waals surface area contributed by atoms with Crippen molar-refractivity contribution in [2.45, 2.75) is 52.6 Å². The standard InChI is InChI=1S/C20H30FO5P/c1-15(13-22)11-12-18(21)27(24,26-17-9-7-6-8-10-17)14-16(2)19(23)25-20(3,4)5/h6-11,16,18,22H,12-14H2,1-5H3/b15-11+. The zero-order valence-electron chi connectivity index (χ0n) is 16.6. The fourth-order valence-corrected chi connectivity index (χ4v) is 4.49. The smallest absolute Gasteiger partial charge is 0.309 e. The molecule has 3 atom stereocenters. The van der Waals surface area contributed by atoms with Crippen LogP contribution in [0.5, 0.6) is 5.75 Å². The largest absolute Gasteiger partial charge is 0.460 e. The van der Waals surface area contributed by atoms with Gasteiger partial charge in [-0.3, -0.25) is 9.36 Å². The number of halogens is 1. The van der Waals surface area contributed by atoms with Gasteiger partial charge < -0.3 is 14.4 Å². The lowest BCUT2D eigenvalue weighted by molar-refractivity contribution is -0.158. The number of ether oxygens (including phenoxy) is 1. The van der Waals surface area contributed by atoms with Crippen molar-refractivity contribution in [3.05, 3.63) is 42.0 Å². The van der Waals surface area contributed by atoms with Crippen molar-refractivity contribution in [3.8, 4) is 5.75 Å². The molecule has 1 rings (SSSR count). The highest BCUT2D eigenvalue weighted by molar-refractivity contribution is 7.60. The second-order valence-corrected chi connectivity index (χ2v) is 10.2. The topological polar surface area (TPSA) is 72.8 Å². The summed E-state index contributed by atoms with van der Waals surface area (Å²) in [5.74, 6) is -2.86. The number of aliphatic hydroxyl groups is 1. The molecule has 0 radical (unpaired) electrons. The van der Waals surface area contributed by atoms with E-state index in [9.17, 15) is 13.8 Å². The molecule has 0 heterocycles. The molecule has 0 spiro atoms. The van der Waals surface area contributed by atoms with Crippen LogP contribution in [0.3, 0.4) is 0 Å². The fourth-order valence-electron chi connectivity index (χ4n) is 2.25. The Bertz CT molecular complexity index is 681. The van der Waals surface area contributed by atoms with Crippen LogP contribution in [0.15, 0.2) is 42.0 Å². The zero-order chi connectivity index (χ0) is 20.7. The molecule has 1 aromatic carbocycles. The van der Waals surface area contributed by atoms with Gasteiger partial charge in [0, 0.05) is 6.42 Å². The Morgan fingerprint density at radius 2 is 1.89 bits per heavy atom. The van der Waals surface area contributed by atoms with Gasteiger partial charge in [0.2, 0.25) is 0 Å². The lowest BCUT2D eigenvalue weighted by Crippen LogP contribution is -2.30. The van der Waals surface area contributed by atoms with Crippen LogP contribution in [0.4, 0.5) is 4.39 Å². The van der Waals surface area contributed by atoms with Crippen LogP contribution in [0, 0.1) is 5.92 Å². The van der Waals surface area contributed by atoms with Crippen molar-refractivity contribution in [2.24, 2.45) is 5.92 Å². The third kappa shape index (κ3) is 8.27. The second-order valence-electron chi connectivity index (χ2n) is 7.63. The summed E-state index contributed by atoms with van der Waals surface area (Å²) in [6.45, 7) is 8.20. The molecular weight excluding hydrogens is 370 g/mol. The monoisotopic (exact) mass is 400 g/mol. The minimum atomic E-state index is -3.87. The van der Waals surface area contributed by atoms with Gasteiger partial charge in [0.25, 0.3) is 7.37 Å². The Labute approximate surface area is 161 Å². The first-order chi connectivity index (χ1) is 12.5. The van der Waals surface area contributed by atoms with Gasteiger partial charge in [-0.15, -0.1) is 0 Å². The predicted octanol–water partition coefficient (Wildman–Crippen LogP) is 4.95. The maximum absolute atomic E-state index is 14.9. The molecule has 0 saturated heterocycles. The maximum atomic E-state index is 14.9. The van der Waals surface area contributed by atoms with Crippen molar-refractivity contribution in [2.75, 3.05) is 12.8 Å². The van der Waals surface area contributed by atoms with Gasteiger partial charge >= 0.3 is 5.97 Å². The molecule has 27 heavy (non-hydrogen) atoms. The number of hydrogen-bond donors (Lipinski definition) is 1. The SMILES string of the molecule is C/C(=C\CC(F)P(=O)(CC(C)C(=O)OC(C)(C)C)Oc1ccccc1)CO. The molecule has 0 fully saturated rings. The van der Waals surface area contributed by atoms with Crippen LogP contribution >= 0.6 is 7.37 Å². The molecule has 0 amide bonds. The summed E-state index contributed by atoms with van der Waals surface area (Å²) in [5.41, 5.74) is -0.116. The molecule has 0 saturated carbocycles. The molecule has 0 aliphatic carbocycles. The summed E-state index contributed by atoms with van der Waals surface area (Å²) in [6.07, 6.45) is 1.05. The van der Waals surface area contributed by atoms with Gasteiger partial charge in [0.1, 0.15) is 11.4 Å². The highest BCUT2D eigenvalue weighted by Gasteiger charge is 2.39. The number of para-hydroxylation sites is 1.